The number of aromatic nitrogens is 4. The fourth-order valence-corrected chi connectivity index (χ4v) is 5.59. The van der Waals surface area contributed by atoms with Crippen molar-refractivity contribution in [1.82, 2.24) is 24.7 Å². The summed E-state index contributed by atoms with van der Waals surface area (Å²) in [6.45, 7) is 0.310. The SMILES string of the molecule is COc1cc(CN)nc(-c2ccccn2)c1.COc1cc(CNS(=O)(=O)c2ccc(S(C)(=O)=O)cc2)nc(-c2ccccn2)c1. The Morgan fingerprint density at radius 3 is 1.60 bits per heavy atom. The number of sulfonamides is 1. The molecule has 4 aromatic heterocycles. The highest BCUT2D eigenvalue weighted by atomic mass is 32.2. The molecule has 4 heterocycles. The van der Waals surface area contributed by atoms with Crippen LogP contribution in [-0.2, 0) is 33.0 Å². The van der Waals surface area contributed by atoms with E-state index < -0.39 is 19.9 Å². The Balaban J connectivity index is 0.000000242. The van der Waals surface area contributed by atoms with Gasteiger partial charge in [-0.05, 0) is 48.5 Å². The third-order valence-electron chi connectivity index (χ3n) is 6.24. The van der Waals surface area contributed by atoms with Gasteiger partial charge in [0.2, 0.25) is 10.0 Å². The van der Waals surface area contributed by atoms with E-state index in [1.54, 1.807) is 43.8 Å². The Hall–Kier alpha value is -4.76. The molecule has 12 nitrogen and oxygen atoms in total. The van der Waals surface area contributed by atoms with Crippen molar-refractivity contribution in [2.75, 3.05) is 20.5 Å². The lowest BCUT2D eigenvalue weighted by Gasteiger charge is -2.10. The molecular weight excluding hydrogens is 617 g/mol. The van der Waals surface area contributed by atoms with Crippen molar-refractivity contribution in [3.63, 3.8) is 0 Å². The smallest absolute Gasteiger partial charge is 0.240 e. The standard InChI is InChI=1S/C19H19N3O5S2.C12H13N3O/c1-27-15-11-14(22-19(12-15)18-5-3-4-10-20-18)13-21-29(25,26)17-8-6-16(7-9-17)28(2,23)24;1-16-10-6-9(8-13)15-12(7-10)11-4-2-3-5-14-11/h3-12,21H,13H2,1-2H3;2-7H,8,13H2,1H3. The number of ether oxygens (including phenoxy) is 2. The zero-order chi connectivity index (χ0) is 32.5. The largest absolute Gasteiger partial charge is 0.497 e. The Morgan fingerprint density at radius 2 is 1.16 bits per heavy atom. The van der Waals surface area contributed by atoms with Gasteiger partial charge in [0.25, 0.3) is 0 Å². The van der Waals surface area contributed by atoms with Crippen molar-refractivity contribution in [1.29, 1.82) is 0 Å². The lowest BCUT2D eigenvalue weighted by Crippen LogP contribution is -2.24. The number of hydrogen-bond donors (Lipinski definition) is 2. The van der Waals surface area contributed by atoms with Gasteiger partial charge in [-0.1, -0.05) is 12.1 Å². The summed E-state index contributed by atoms with van der Waals surface area (Å²) >= 11 is 0. The molecule has 0 unspecified atom stereocenters. The number of rotatable bonds is 10. The van der Waals surface area contributed by atoms with Crippen molar-refractivity contribution < 1.29 is 26.3 Å². The maximum atomic E-state index is 12.5. The molecule has 3 N–H and O–H groups in total. The molecule has 14 heteroatoms. The second-order valence-electron chi connectivity index (χ2n) is 9.47. The number of methoxy groups -OCH3 is 2. The van der Waals surface area contributed by atoms with Gasteiger partial charge in [0.05, 0.1) is 64.7 Å². The van der Waals surface area contributed by atoms with Crippen LogP contribution in [0, 0.1) is 0 Å². The summed E-state index contributed by atoms with van der Waals surface area (Å²) in [5, 5.41) is 0. The van der Waals surface area contributed by atoms with Crippen molar-refractivity contribution in [2.45, 2.75) is 22.9 Å². The van der Waals surface area contributed by atoms with Crippen LogP contribution in [0.2, 0.25) is 0 Å². The van der Waals surface area contributed by atoms with E-state index in [4.69, 9.17) is 15.2 Å². The summed E-state index contributed by atoms with van der Waals surface area (Å²) in [5.41, 5.74) is 9.60. The Bertz CT molecular complexity index is 1920. The minimum absolute atomic E-state index is 0.0438. The van der Waals surface area contributed by atoms with Crippen LogP contribution >= 0.6 is 0 Å². The van der Waals surface area contributed by atoms with Crippen molar-refractivity contribution in [3.8, 4) is 34.3 Å². The molecule has 0 aliphatic carbocycles. The van der Waals surface area contributed by atoms with Crippen LogP contribution in [0.25, 0.3) is 22.8 Å². The molecule has 234 valence electrons. The molecule has 5 rings (SSSR count). The highest BCUT2D eigenvalue weighted by molar-refractivity contribution is 7.90. The van der Waals surface area contributed by atoms with E-state index in [0.29, 0.717) is 29.4 Å². The van der Waals surface area contributed by atoms with E-state index in [2.05, 4.69) is 24.7 Å². The zero-order valence-corrected chi connectivity index (χ0v) is 26.4. The highest BCUT2D eigenvalue weighted by Gasteiger charge is 2.17. The Kier molecular flexibility index (Phi) is 10.9. The first-order valence-corrected chi connectivity index (χ1v) is 16.8. The third-order valence-corrected chi connectivity index (χ3v) is 8.79. The third kappa shape index (κ3) is 9.12. The van der Waals surface area contributed by atoms with E-state index in [1.165, 1.54) is 31.4 Å². The Morgan fingerprint density at radius 1 is 0.667 bits per heavy atom. The molecule has 0 atom stereocenters. The van der Waals surface area contributed by atoms with Gasteiger partial charge in [0, 0.05) is 49.5 Å². The summed E-state index contributed by atoms with van der Waals surface area (Å²) in [6, 6.07) is 23.1. The average molecular weight is 649 g/mol. The first kappa shape index (κ1) is 33.1. The first-order chi connectivity index (χ1) is 21.5. The van der Waals surface area contributed by atoms with Crippen molar-refractivity contribution >= 4 is 19.9 Å². The van der Waals surface area contributed by atoms with Crippen LogP contribution in [0.5, 0.6) is 11.5 Å². The predicted molar refractivity (Wildman–Crippen MR) is 170 cm³/mol. The summed E-state index contributed by atoms with van der Waals surface area (Å²) in [4.78, 5) is 17.3. The number of nitrogens with two attached hydrogens (primary N) is 1. The van der Waals surface area contributed by atoms with Crippen LogP contribution in [0.3, 0.4) is 0 Å². The lowest BCUT2D eigenvalue weighted by molar-refractivity contribution is 0.413. The normalized spacial score (nSPS) is 11.3. The number of nitrogens with zero attached hydrogens (tertiary/aromatic N) is 4. The fourth-order valence-electron chi connectivity index (χ4n) is 3.96. The second kappa shape index (κ2) is 14.8. The molecule has 0 aliphatic heterocycles. The number of hydrogen-bond acceptors (Lipinski definition) is 11. The maximum absolute atomic E-state index is 12.5. The number of sulfone groups is 1. The molecule has 0 aliphatic rings. The second-order valence-corrected chi connectivity index (χ2v) is 13.3. The van der Waals surface area contributed by atoms with E-state index in [0.717, 1.165) is 29.1 Å². The lowest BCUT2D eigenvalue weighted by atomic mass is 10.2. The summed E-state index contributed by atoms with van der Waals surface area (Å²) in [6.07, 6.45) is 4.43. The summed E-state index contributed by atoms with van der Waals surface area (Å²) in [5.74, 6) is 1.27. The molecule has 0 saturated carbocycles. The van der Waals surface area contributed by atoms with E-state index in [9.17, 15) is 16.8 Å². The summed E-state index contributed by atoms with van der Waals surface area (Å²) in [7, 11) is -4.13. The first-order valence-electron chi connectivity index (χ1n) is 13.4. The van der Waals surface area contributed by atoms with E-state index in [-0.39, 0.29) is 16.3 Å². The van der Waals surface area contributed by atoms with Gasteiger partial charge in [0.15, 0.2) is 9.84 Å². The van der Waals surface area contributed by atoms with Gasteiger partial charge in [0.1, 0.15) is 11.5 Å². The van der Waals surface area contributed by atoms with Crippen molar-refractivity contribution in [2.24, 2.45) is 5.73 Å². The maximum Gasteiger partial charge on any atom is 0.240 e. The zero-order valence-electron chi connectivity index (χ0n) is 24.8. The number of nitrogens with one attached hydrogen (secondary N) is 1. The minimum atomic E-state index is -3.86. The predicted octanol–water partition coefficient (Wildman–Crippen LogP) is 3.65. The monoisotopic (exact) mass is 648 g/mol. The molecule has 1 aromatic carbocycles. The molecule has 0 bridgehead atoms. The van der Waals surface area contributed by atoms with Gasteiger partial charge < -0.3 is 15.2 Å². The number of benzene rings is 1. The highest BCUT2D eigenvalue weighted by Crippen LogP contribution is 2.23. The number of pyridine rings is 4. The molecule has 0 radical (unpaired) electrons. The fraction of sp³-hybridized carbons (Fsp3) is 0.161. The quantitative estimate of drug-likeness (QED) is 0.226. The topological polar surface area (TPSA) is 176 Å². The van der Waals surface area contributed by atoms with Crippen LogP contribution < -0.4 is 19.9 Å². The van der Waals surface area contributed by atoms with E-state index in [1.807, 2.05) is 36.4 Å². The van der Waals surface area contributed by atoms with Gasteiger partial charge in [-0.25, -0.2) is 31.5 Å². The van der Waals surface area contributed by atoms with Crippen molar-refractivity contribution in [3.05, 3.63) is 109 Å². The molecular formula is C31H32N6O6S2. The molecule has 0 amide bonds. The molecule has 5 aromatic rings. The average Bonchev–Trinajstić information content (AvgIpc) is 3.07. The minimum Gasteiger partial charge on any atom is -0.497 e. The summed E-state index contributed by atoms with van der Waals surface area (Å²) < 4.78 is 61.1. The molecule has 0 spiro atoms. The van der Waals surface area contributed by atoms with Gasteiger partial charge >= 0.3 is 0 Å². The van der Waals surface area contributed by atoms with Crippen LogP contribution in [0.15, 0.2) is 107 Å². The molecule has 0 saturated heterocycles. The Labute approximate surface area is 262 Å². The van der Waals surface area contributed by atoms with Gasteiger partial charge in [-0.3, -0.25) is 9.97 Å². The van der Waals surface area contributed by atoms with Crippen LogP contribution in [0.1, 0.15) is 11.4 Å². The molecule has 0 fully saturated rings. The van der Waals surface area contributed by atoms with Gasteiger partial charge in [-0.2, -0.15) is 0 Å². The van der Waals surface area contributed by atoms with Crippen LogP contribution in [0.4, 0.5) is 0 Å². The van der Waals surface area contributed by atoms with Gasteiger partial charge in [-0.15, -0.1) is 0 Å². The molecule has 45 heavy (non-hydrogen) atoms. The van der Waals surface area contributed by atoms with E-state index >= 15 is 0 Å². The van der Waals surface area contributed by atoms with Crippen LogP contribution in [-0.4, -0.2) is 57.2 Å².